The van der Waals surface area contributed by atoms with Gasteiger partial charge in [0.2, 0.25) is 0 Å². The molecule has 0 aliphatic heterocycles. The zero-order chi connectivity index (χ0) is 10.8. The minimum Gasteiger partial charge on any atom is -0.381 e. The fourth-order valence-corrected chi connectivity index (χ4v) is 1.50. The molecule has 0 amide bonds. The Labute approximate surface area is 89.4 Å². The quantitative estimate of drug-likeness (QED) is 0.619. The van der Waals surface area contributed by atoms with Gasteiger partial charge in [0.25, 0.3) is 0 Å². The molecule has 0 aromatic rings. The Morgan fingerprint density at radius 3 is 2.29 bits per heavy atom. The highest BCUT2D eigenvalue weighted by Crippen LogP contribution is 2.06. The predicted molar refractivity (Wildman–Crippen MR) is 62.6 cm³/mol. The van der Waals surface area contributed by atoms with E-state index in [0.717, 1.165) is 26.3 Å². The van der Waals surface area contributed by atoms with Gasteiger partial charge in [-0.15, -0.1) is 0 Å². The van der Waals surface area contributed by atoms with Crippen LogP contribution in [0.25, 0.3) is 0 Å². The van der Waals surface area contributed by atoms with Crippen LogP contribution in [0.1, 0.15) is 40.5 Å². The van der Waals surface area contributed by atoms with Gasteiger partial charge in [-0.05, 0) is 31.3 Å². The molecule has 0 rings (SSSR count). The van der Waals surface area contributed by atoms with Crippen molar-refractivity contribution in [2.24, 2.45) is 11.8 Å². The molecule has 2 nitrogen and oxygen atoms in total. The monoisotopic (exact) mass is 201 g/mol. The van der Waals surface area contributed by atoms with Crippen molar-refractivity contribution in [1.29, 1.82) is 0 Å². The summed E-state index contributed by atoms with van der Waals surface area (Å²) >= 11 is 0. The average Bonchev–Trinajstić information content (AvgIpc) is 2.15. The second-order valence-corrected chi connectivity index (χ2v) is 4.34. The molecule has 0 heterocycles. The molecule has 2 atom stereocenters. The second kappa shape index (κ2) is 9.47. The highest BCUT2D eigenvalue weighted by molar-refractivity contribution is 4.55. The van der Waals surface area contributed by atoms with Crippen LogP contribution in [0.5, 0.6) is 0 Å². The molecule has 0 radical (unpaired) electrons. The van der Waals surface area contributed by atoms with Crippen molar-refractivity contribution in [3.63, 3.8) is 0 Å². The normalized spacial score (nSPS) is 15.4. The third-order valence-corrected chi connectivity index (χ3v) is 2.33. The van der Waals surface area contributed by atoms with Gasteiger partial charge < -0.3 is 10.1 Å². The van der Waals surface area contributed by atoms with Crippen molar-refractivity contribution in [3.05, 3.63) is 0 Å². The highest BCUT2D eigenvalue weighted by Gasteiger charge is 2.04. The average molecular weight is 201 g/mol. The van der Waals surface area contributed by atoms with Crippen LogP contribution in [0.2, 0.25) is 0 Å². The Morgan fingerprint density at radius 2 is 1.71 bits per heavy atom. The molecule has 0 aliphatic carbocycles. The van der Waals surface area contributed by atoms with E-state index in [4.69, 9.17) is 4.74 Å². The number of hydrogen-bond acceptors (Lipinski definition) is 2. The molecule has 0 spiro atoms. The van der Waals surface area contributed by atoms with Gasteiger partial charge in [0.05, 0.1) is 6.61 Å². The maximum Gasteiger partial charge on any atom is 0.0503 e. The summed E-state index contributed by atoms with van der Waals surface area (Å²) in [7, 11) is 0. The molecular formula is C12H27NO. The minimum atomic E-state index is 0.628. The fourth-order valence-electron chi connectivity index (χ4n) is 1.50. The molecule has 0 saturated heterocycles. The molecule has 86 valence electrons. The van der Waals surface area contributed by atoms with Crippen molar-refractivity contribution in [2.45, 2.75) is 40.5 Å². The standard InChI is InChI=1S/C12H27NO/c1-5-7-11(3)9-14-10-12(4)8-13-6-2/h11-13H,5-10H2,1-4H3. The second-order valence-electron chi connectivity index (χ2n) is 4.34. The van der Waals surface area contributed by atoms with Crippen LogP contribution >= 0.6 is 0 Å². The summed E-state index contributed by atoms with van der Waals surface area (Å²) in [5.74, 6) is 1.34. The van der Waals surface area contributed by atoms with E-state index in [9.17, 15) is 0 Å². The summed E-state index contributed by atoms with van der Waals surface area (Å²) in [6.45, 7) is 12.8. The van der Waals surface area contributed by atoms with Crippen molar-refractivity contribution < 1.29 is 4.74 Å². The Bertz CT molecular complexity index is 117. The first-order valence-corrected chi connectivity index (χ1v) is 5.99. The maximum absolute atomic E-state index is 5.67. The van der Waals surface area contributed by atoms with E-state index in [1.54, 1.807) is 0 Å². The zero-order valence-electron chi connectivity index (χ0n) is 10.3. The van der Waals surface area contributed by atoms with E-state index in [2.05, 4.69) is 33.0 Å². The largest absolute Gasteiger partial charge is 0.381 e. The van der Waals surface area contributed by atoms with Crippen LogP contribution in [0, 0.1) is 11.8 Å². The SMILES string of the molecule is CCCC(C)COCC(C)CNCC. The first kappa shape index (κ1) is 13.9. The molecule has 0 bridgehead atoms. The van der Waals surface area contributed by atoms with Crippen molar-refractivity contribution in [2.75, 3.05) is 26.3 Å². The molecule has 1 N–H and O–H groups in total. The molecule has 2 heteroatoms. The third-order valence-electron chi connectivity index (χ3n) is 2.33. The van der Waals surface area contributed by atoms with Crippen LogP contribution in [0.4, 0.5) is 0 Å². The van der Waals surface area contributed by atoms with Gasteiger partial charge >= 0.3 is 0 Å². The summed E-state index contributed by atoms with van der Waals surface area (Å²) in [6.07, 6.45) is 2.54. The molecule has 2 unspecified atom stereocenters. The van der Waals surface area contributed by atoms with E-state index < -0.39 is 0 Å². The van der Waals surface area contributed by atoms with E-state index in [-0.39, 0.29) is 0 Å². The molecule has 0 aliphatic rings. The van der Waals surface area contributed by atoms with E-state index >= 15 is 0 Å². The van der Waals surface area contributed by atoms with Gasteiger partial charge in [0.15, 0.2) is 0 Å². The van der Waals surface area contributed by atoms with Gasteiger partial charge in [0, 0.05) is 6.61 Å². The lowest BCUT2D eigenvalue weighted by Crippen LogP contribution is -2.24. The van der Waals surface area contributed by atoms with E-state index in [1.165, 1.54) is 12.8 Å². The molecule has 0 fully saturated rings. The summed E-state index contributed by atoms with van der Waals surface area (Å²) in [4.78, 5) is 0. The summed E-state index contributed by atoms with van der Waals surface area (Å²) in [6, 6.07) is 0. The van der Waals surface area contributed by atoms with Crippen LogP contribution in [-0.2, 0) is 4.74 Å². The third kappa shape index (κ3) is 8.52. The molecule has 0 aromatic heterocycles. The summed E-state index contributed by atoms with van der Waals surface area (Å²) in [5, 5.41) is 3.33. The molecular weight excluding hydrogens is 174 g/mol. The van der Waals surface area contributed by atoms with Gasteiger partial charge in [-0.1, -0.05) is 34.1 Å². The highest BCUT2D eigenvalue weighted by atomic mass is 16.5. The Kier molecular flexibility index (Phi) is 9.42. The first-order chi connectivity index (χ1) is 6.70. The molecule has 0 saturated carbocycles. The fraction of sp³-hybridized carbons (Fsp3) is 1.00. The topological polar surface area (TPSA) is 21.3 Å². The zero-order valence-corrected chi connectivity index (χ0v) is 10.3. The predicted octanol–water partition coefficient (Wildman–Crippen LogP) is 2.68. The van der Waals surface area contributed by atoms with E-state index in [1.807, 2.05) is 0 Å². The number of ether oxygens (including phenoxy) is 1. The van der Waals surface area contributed by atoms with Gasteiger partial charge in [-0.3, -0.25) is 0 Å². The minimum absolute atomic E-state index is 0.628. The number of hydrogen-bond donors (Lipinski definition) is 1. The van der Waals surface area contributed by atoms with E-state index in [0.29, 0.717) is 11.8 Å². The van der Waals surface area contributed by atoms with Crippen LogP contribution in [-0.4, -0.2) is 26.3 Å². The number of rotatable bonds is 9. The van der Waals surface area contributed by atoms with Crippen molar-refractivity contribution in [3.8, 4) is 0 Å². The Morgan fingerprint density at radius 1 is 1.07 bits per heavy atom. The van der Waals surface area contributed by atoms with Crippen molar-refractivity contribution >= 4 is 0 Å². The van der Waals surface area contributed by atoms with Gasteiger partial charge in [-0.25, -0.2) is 0 Å². The first-order valence-electron chi connectivity index (χ1n) is 5.99. The van der Waals surface area contributed by atoms with Crippen molar-refractivity contribution in [1.82, 2.24) is 5.32 Å². The summed E-state index contributed by atoms with van der Waals surface area (Å²) in [5.41, 5.74) is 0. The molecule has 14 heavy (non-hydrogen) atoms. The number of nitrogens with one attached hydrogen (secondary N) is 1. The van der Waals surface area contributed by atoms with Crippen LogP contribution in [0.3, 0.4) is 0 Å². The Balaban J connectivity index is 3.25. The summed E-state index contributed by atoms with van der Waals surface area (Å²) < 4.78 is 5.67. The molecule has 0 aromatic carbocycles. The van der Waals surface area contributed by atoms with Gasteiger partial charge in [0.1, 0.15) is 0 Å². The maximum atomic E-state index is 5.67. The lowest BCUT2D eigenvalue weighted by atomic mass is 10.1. The Hall–Kier alpha value is -0.0800. The lowest BCUT2D eigenvalue weighted by molar-refractivity contribution is 0.0774. The van der Waals surface area contributed by atoms with Gasteiger partial charge in [-0.2, -0.15) is 0 Å². The lowest BCUT2D eigenvalue weighted by Gasteiger charge is -2.15. The van der Waals surface area contributed by atoms with Crippen LogP contribution < -0.4 is 5.32 Å². The smallest absolute Gasteiger partial charge is 0.0503 e. The van der Waals surface area contributed by atoms with Crippen LogP contribution in [0.15, 0.2) is 0 Å².